The van der Waals surface area contributed by atoms with Gasteiger partial charge in [0, 0.05) is 12.6 Å². The molecule has 0 radical (unpaired) electrons. The molecule has 28 heavy (non-hydrogen) atoms. The van der Waals surface area contributed by atoms with Crippen molar-refractivity contribution >= 4 is 17.7 Å². The number of thioether (sulfide) groups is 1. The van der Waals surface area contributed by atoms with Gasteiger partial charge < -0.3 is 9.32 Å². The molecular formula is C20H23N5O2S. The molecule has 2 aromatic heterocycles. The van der Waals surface area contributed by atoms with Gasteiger partial charge in [0.15, 0.2) is 0 Å². The van der Waals surface area contributed by atoms with Gasteiger partial charge in [0.1, 0.15) is 12.3 Å². The Morgan fingerprint density at radius 3 is 2.82 bits per heavy atom. The molecule has 0 spiro atoms. The Bertz CT molecular complexity index is 892. The van der Waals surface area contributed by atoms with E-state index in [2.05, 4.69) is 34.6 Å². The summed E-state index contributed by atoms with van der Waals surface area (Å²) < 4.78 is 7.01. The molecule has 146 valence electrons. The summed E-state index contributed by atoms with van der Waals surface area (Å²) >= 11 is 1.37. The van der Waals surface area contributed by atoms with Crippen LogP contribution in [-0.4, -0.2) is 42.8 Å². The second-order valence-corrected chi connectivity index (χ2v) is 8.01. The van der Waals surface area contributed by atoms with Crippen LogP contribution in [0.5, 0.6) is 0 Å². The monoisotopic (exact) mass is 397 g/mol. The summed E-state index contributed by atoms with van der Waals surface area (Å²) in [6.07, 6.45) is 4.03. The number of furan rings is 1. The Hall–Kier alpha value is -2.61. The van der Waals surface area contributed by atoms with Crippen LogP contribution in [0.2, 0.25) is 0 Å². The lowest BCUT2D eigenvalue weighted by molar-refractivity contribution is -0.131. The minimum absolute atomic E-state index is 0.112. The summed E-state index contributed by atoms with van der Waals surface area (Å²) in [6.45, 7) is 3.24. The van der Waals surface area contributed by atoms with Crippen LogP contribution >= 0.6 is 11.8 Å². The summed E-state index contributed by atoms with van der Waals surface area (Å²) in [4.78, 5) is 15.1. The Balaban J connectivity index is 1.41. The van der Waals surface area contributed by atoms with E-state index in [1.807, 2.05) is 35.2 Å². The van der Waals surface area contributed by atoms with Crippen LogP contribution < -0.4 is 0 Å². The van der Waals surface area contributed by atoms with Crippen molar-refractivity contribution in [2.24, 2.45) is 5.92 Å². The minimum Gasteiger partial charge on any atom is -0.467 e. The third-order valence-electron chi connectivity index (χ3n) is 5.02. The molecule has 3 aromatic rings. The average Bonchev–Trinajstić information content (AvgIpc) is 3.27. The number of tetrazole rings is 1. The van der Waals surface area contributed by atoms with E-state index in [0.29, 0.717) is 29.9 Å². The second kappa shape index (κ2) is 8.60. The van der Waals surface area contributed by atoms with Gasteiger partial charge in [-0.15, -0.1) is 5.10 Å². The first-order valence-electron chi connectivity index (χ1n) is 9.45. The van der Waals surface area contributed by atoms with Gasteiger partial charge in [-0.25, -0.2) is 4.68 Å². The summed E-state index contributed by atoms with van der Waals surface area (Å²) in [5, 5.41) is 12.4. The standard InChI is InChI=1S/C20H23N5O2S/c1-15(17-9-10-17)24(12-16-6-3-2-4-7-16)19(26)14-28-20-21-22-23-25(20)13-18-8-5-11-27-18/h2-8,11,15,17H,9-10,12-14H2,1H3. The van der Waals surface area contributed by atoms with E-state index in [1.165, 1.54) is 24.6 Å². The maximum Gasteiger partial charge on any atom is 0.233 e. The molecule has 0 N–H and O–H groups in total. The smallest absolute Gasteiger partial charge is 0.233 e. The van der Waals surface area contributed by atoms with E-state index in [1.54, 1.807) is 10.9 Å². The highest BCUT2D eigenvalue weighted by atomic mass is 32.2. The normalized spacial score (nSPS) is 14.8. The molecular weight excluding hydrogens is 374 g/mol. The maximum absolute atomic E-state index is 13.1. The fraction of sp³-hybridized carbons (Fsp3) is 0.400. The van der Waals surface area contributed by atoms with Crippen LogP contribution in [0.3, 0.4) is 0 Å². The number of aromatic nitrogens is 4. The molecule has 1 aliphatic rings. The maximum atomic E-state index is 13.1. The Kier molecular flexibility index (Phi) is 5.76. The predicted molar refractivity (Wildman–Crippen MR) is 106 cm³/mol. The fourth-order valence-electron chi connectivity index (χ4n) is 3.23. The highest BCUT2D eigenvalue weighted by Gasteiger charge is 2.34. The van der Waals surface area contributed by atoms with Gasteiger partial charge in [0.05, 0.1) is 12.0 Å². The predicted octanol–water partition coefficient (Wildman–Crippen LogP) is 3.23. The molecule has 1 atom stereocenters. The molecule has 0 aliphatic heterocycles. The molecule has 1 aromatic carbocycles. The van der Waals surface area contributed by atoms with Crippen LogP contribution in [-0.2, 0) is 17.9 Å². The zero-order chi connectivity index (χ0) is 19.3. The lowest BCUT2D eigenvalue weighted by Crippen LogP contribution is -2.40. The Morgan fingerprint density at radius 2 is 2.11 bits per heavy atom. The highest BCUT2D eigenvalue weighted by Crippen LogP contribution is 2.36. The molecule has 8 heteroatoms. The third kappa shape index (κ3) is 4.62. The number of carbonyl (C=O) groups is 1. The lowest BCUT2D eigenvalue weighted by Gasteiger charge is -2.29. The summed E-state index contributed by atoms with van der Waals surface area (Å²) in [5.74, 6) is 1.80. The first-order valence-corrected chi connectivity index (χ1v) is 10.4. The van der Waals surface area contributed by atoms with Crippen molar-refractivity contribution in [1.29, 1.82) is 0 Å². The number of nitrogens with zero attached hydrogens (tertiary/aromatic N) is 5. The molecule has 1 unspecified atom stereocenters. The van der Waals surface area contributed by atoms with E-state index in [0.717, 1.165) is 11.3 Å². The van der Waals surface area contributed by atoms with Crippen molar-refractivity contribution in [3.8, 4) is 0 Å². The average molecular weight is 398 g/mol. The van der Waals surface area contributed by atoms with E-state index >= 15 is 0 Å². The third-order valence-corrected chi connectivity index (χ3v) is 5.96. The van der Waals surface area contributed by atoms with Crippen molar-refractivity contribution in [2.45, 2.75) is 44.1 Å². The molecule has 1 saturated carbocycles. The van der Waals surface area contributed by atoms with Crippen molar-refractivity contribution in [3.63, 3.8) is 0 Å². The number of hydrogen-bond acceptors (Lipinski definition) is 6. The second-order valence-electron chi connectivity index (χ2n) is 7.07. The highest BCUT2D eigenvalue weighted by molar-refractivity contribution is 7.99. The van der Waals surface area contributed by atoms with Crippen LogP contribution in [0.4, 0.5) is 0 Å². The van der Waals surface area contributed by atoms with E-state index in [-0.39, 0.29) is 11.9 Å². The van der Waals surface area contributed by atoms with Gasteiger partial charge in [0.2, 0.25) is 11.1 Å². The molecule has 7 nitrogen and oxygen atoms in total. The molecule has 1 fully saturated rings. The van der Waals surface area contributed by atoms with Crippen molar-refractivity contribution in [3.05, 3.63) is 60.1 Å². The van der Waals surface area contributed by atoms with Crippen LogP contribution in [0.15, 0.2) is 58.3 Å². The van der Waals surface area contributed by atoms with E-state index in [9.17, 15) is 4.79 Å². The van der Waals surface area contributed by atoms with Crippen molar-refractivity contribution in [2.75, 3.05) is 5.75 Å². The van der Waals surface area contributed by atoms with Gasteiger partial charge in [0.25, 0.3) is 0 Å². The largest absolute Gasteiger partial charge is 0.467 e. The molecule has 0 bridgehead atoms. The molecule has 0 saturated heterocycles. The summed E-state index contributed by atoms with van der Waals surface area (Å²) in [5.41, 5.74) is 1.15. The molecule has 1 amide bonds. The van der Waals surface area contributed by atoms with Crippen molar-refractivity contribution < 1.29 is 9.21 Å². The number of benzene rings is 1. The lowest BCUT2D eigenvalue weighted by atomic mass is 10.1. The van der Waals surface area contributed by atoms with Gasteiger partial charge in [-0.1, -0.05) is 42.1 Å². The number of hydrogen-bond donors (Lipinski definition) is 0. The summed E-state index contributed by atoms with van der Waals surface area (Å²) in [6, 6.07) is 14.1. The Labute approximate surface area is 168 Å². The summed E-state index contributed by atoms with van der Waals surface area (Å²) in [7, 11) is 0. The number of amides is 1. The van der Waals surface area contributed by atoms with E-state index in [4.69, 9.17) is 4.42 Å². The zero-order valence-electron chi connectivity index (χ0n) is 15.8. The zero-order valence-corrected chi connectivity index (χ0v) is 16.6. The topological polar surface area (TPSA) is 77.1 Å². The van der Waals surface area contributed by atoms with Gasteiger partial charge in [-0.05, 0) is 53.8 Å². The van der Waals surface area contributed by atoms with Gasteiger partial charge in [-0.2, -0.15) is 0 Å². The van der Waals surface area contributed by atoms with Gasteiger partial charge >= 0.3 is 0 Å². The van der Waals surface area contributed by atoms with Crippen LogP contribution in [0, 0.1) is 5.92 Å². The number of carbonyl (C=O) groups excluding carboxylic acids is 1. The SMILES string of the molecule is CC(C1CC1)N(Cc1ccccc1)C(=O)CSc1nnnn1Cc1ccco1. The Morgan fingerprint density at radius 1 is 1.29 bits per heavy atom. The van der Waals surface area contributed by atoms with Gasteiger partial charge in [-0.3, -0.25) is 4.79 Å². The first-order chi connectivity index (χ1) is 13.7. The fourth-order valence-corrected chi connectivity index (χ4v) is 3.99. The van der Waals surface area contributed by atoms with Crippen LogP contribution in [0.25, 0.3) is 0 Å². The molecule has 2 heterocycles. The quantitative estimate of drug-likeness (QED) is 0.516. The van der Waals surface area contributed by atoms with E-state index < -0.39 is 0 Å². The number of rotatable bonds is 9. The van der Waals surface area contributed by atoms with Crippen LogP contribution in [0.1, 0.15) is 31.1 Å². The van der Waals surface area contributed by atoms with Crippen molar-refractivity contribution in [1.82, 2.24) is 25.1 Å². The molecule has 1 aliphatic carbocycles. The molecule has 4 rings (SSSR count). The minimum atomic E-state index is 0.112. The first kappa shape index (κ1) is 18.7.